The van der Waals surface area contributed by atoms with Crippen molar-refractivity contribution in [2.24, 2.45) is 0 Å². The molecule has 0 fully saturated rings. The van der Waals surface area contributed by atoms with Crippen molar-refractivity contribution >= 4 is 14.0 Å². The molecule has 6 nitrogen and oxygen atoms in total. The van der Waals surface area contributed by atoms with Crippen molar-refractivity contribution in [2.75, 3.05) is 0 Å². The van der Waals surface area contributed by atoms with Gasteiger partial charge in [-0.3, -0.25) is 14.3 Å². The maximum atomic E-state index is 13.7. The molecule has 3 aromatic rings. The highest BCUT2D eigenvalue weighted by Gasteiger charge is 2.34. The van der Waals surface area contributed by atoms with Crippen LogP contribution in [0.25, 0.3) is 22.4 Å². The highest BCUT2D eigenvalue weighted by Crippen LogP contribution is 2.48. The Morgan fingerprint density at radius 3 is 2.38 bits per heavy atom. The van der Waals surface area contributed by atoms with Gasteiger partial charge in [0.2, 0.25) is 0 Å². The van der Waals surface area contributed by atoms with Crippen LogP contribution in [0.1, 0.15) is 35.8 Å². The lowest BCUT2D eigenvalue weighted by molar-refractivity contribution is -0.140. The fraction of sp³-hybridized carbons (Fsp3) is 0.231. The van der Waals surface area contributed by atoms with Gasteiger partial charge in [-0.2, -0.15) is 0 Å². The predicted molar refractivity (Wildman–Crippen MR) is 130 cm³/mol. The summed E-state index contributed by atoms with van der Waals surface area (Å²) in [5.41, 5.74) is 3.03. The first kappa shape index (κ1) is 25.5. The monoisotopic (exact) mass is 483 g/mol. The molecule has 3 atom stereocenters. The molecular weight excluding hydrogens is 456 g/mol. The number of carbonyl (C=O) groups excluding carboxylic acids is 1. The number of carbonyl (C=O) groups is 1. The van der Waals surface area contributed by atoms with Crippen molar-refractivity contribution in [3.05, 3.63) is 90.1 Å². The molecule has 3 unspecified atom stereocenters. The number of hydrogen-bond donors (Lipinski definition) is 2. The molecule has 8 heteroatoms. The maximum absolute atomic E-state index is 13.7. The van der Waals surface area contributed by atoms with Gasteiger partial charge in [-0.25, -0.2) is 4.39 Å². The Kier molecular flexibility index (Phi) is 8.51. The lowest BCUT2D eigenvalue weighted by Crippen LogP contribution is -2.23. The molecule has 3 rings (SSSR count). The zero-order valence-corrected chi connectivity index (χ0v) is 20.0. The number of benzene rings is 2. The SMILES string of the molecule is C=COC(=O)CC(O)C(c1c(CC)nc(-c2ccccc2)c(C)c1-c1ccc(F)cc1)[PH](=O)O. The Labute approximate surface area is 198 Å². The van der Waals surface area contributed by atoms with Crippen molar-refractivity contribution in [1.82, 2.24) is 4.98 Å². The summed E-state index contributed by atoms with van der Waals surface area (Å²) < 4.78 is 31.0. The third-order valence-electron chi connectivity index (χ3n) is 5.62. The molecule has 0 spiro atoms. The van der Waals surface area contributed by atoms with Crippen molar-refractivity contribution < 1.29 is 28.5 Å². The minimum absolute atomic E-state index is 0.372. The van der Waals surface area contributed by atoms with Crippen LogP contribution in [0.4, 0.5) is 4.39 Å². The van der Waals surface area contributed by atoms with E-state index in [4.69, 9.17) is 9.72 Å². The molecule has 0 aliphatic carbocycles. The molecular formula is C26H27FNO5P. The molecule has 0 radical (unpaired) electrons. The fourth-order valence-corrected chi connectivity index (χ4v) is 5.13. The van der Waals surface area contributed by atoms with E-state index in [-0.39, 0.29) is 0 Å². The van der Waals surface area contributed by atoms with Gasteiger partial charge in [0.1, 0.15) is 5.82 Å². The normalized spacial score (nSPS) is 13.7. The lowest BCUT2D eigenvalue weighted by atomic mass is 9.87. The number of esters is 1. The number of hydrogen-bond acceptors (Lipinski definition) is 5. The highest BCUT2D eigenvalue weighted by atomic mass is 31.1. The summed E-state index contributed by atoms with van der Waals surface area (Å²) in [6, 6.07) is 15.3. The highest BCUT2D eigenvalue weighted by molar-refractivity contribution is 7.38. The molecule has 0 saturated heterocycles. The van der Waals surface area contributed by atoms with Gasteiger partial charge in [0.25, 0.3) is 0 Å². The van der Waals surface area contributed by atoms with Gasteiger partial charge < -0.3 is 14.7 Å². The Morgan fingerprint density at radius 1 is 1.18 bits per heavy atom. The zero-order chi connectivity index (χ0) is 24.8. The molecule has 178 valence electrons. The number of ether oxygens (including phenoxy) is 1. The second-order valence-corrected chi connectivity index (χ2v) is 9.09. The average Bonchev–Trinajstić information content (AvgIpc) is 2.81. The number of nitrogens with zero attached hydrogens (tertiary/aromatic N) is 1. The van der Waals surface area contributed by atoms with Crippen LogP contribution in [0.3, 0.4) is 0 Å². The minimum Gasteiger partial charge on any atom is -0.435 e. The van der Waals surface area contributed by atoms with Gasteiger partial charge in [0.05, 0.1) is 30.1 Å². The smallest absolute Gasteiger partial charge is 0.313 e. The number of aliphatic hydroxyl groups is 1. The molecule has 0 saturated carbocycles. The van der Waals surface area contributed by atoms with E-state index in [0.29, 0.717) is 40.1 Å². The number of rotatable bonds is 9. The van der Waals surface area contributed by atoms with Gasteiger partial charge in [0, 0.05) is 11.3 Å². The summed E-state index contributed by atoms with van der Waals surface area (Å²) in [6.45, 7) is 7.00. The van der Waals surface area contributed by atoms with Gasteiger partial charge in [-0.15, -0.1) is 0 Å². The number of aryl methyl sites for hydroxylation is 1. The predicted octanol–water partition coefficient (Wildman–Crippen LogP) is 5.37. The van der Waals surface area contributed by atoms with Crippen molar-refractivity contribution in [2.45, 2.75) is 38.5 Å². The lowest BCUT2D eigenvalue weighted by Gasteiger charge is -2.27. The summed E-state index contributed by atoms with van der Waals surface area (Å²) in [4.78, 5) is 27.1. The maximum Gasteiger partial charge on any atom is 0.313 e. The average molecular weight is 483 g/mol. The molecule has 0 bridgehead atoms. The number of pyridine rings is 1. The van der Waals surface area contributed by atoms with Gasteiger partial charge in [0.15, 0.2) is 8.03 Å². The first-order chi connectivity index (χ1) is 16.3. The first-order valence-corrected chi connectivity index (χ1v) is 12.3. The molecule has 2 aromatic carbocycles. The van der Waals surface area contributed by atoms with Gasteiger partial charge in [-0.1, -0.05) is 56.0 Å². The number of halogens is 1. The van der Waals surface area contributed by atoms with E-state index in [2.05, 4.69) is 6.58 Å². The second kappa shape index (κ2) is 11.3. The van der Waals surface area contributed by atoms with E-state index in [1.807, 2.05) is 44.2 Å². The molecule has 34 heavy (non-hydrogen) atoms. The summed E-state index contributed by atoms with van der Waals surface area (Å²) in [5, 5.41) is 10.9. The zero-order valence-electron chi connectivity index (χ0n) is 19.0. The van der Waals surface area contributed by atoms with E-state index >= 15 is 0 Å². The van der Waals surface area contributed by atoms with Crippen LogP contribution in [0, 0.1) is 12.7 Å². The van der Waals surface area contributed by atoms with E-state index in [1.54, 1.807) is 12.1 Å². The van der Waals surface area contributed by atoms with Crippen LogP contribution in [0.15, 0.2) is 67.4 Å². The summed E-state index contributed by atoms with van der Waals surface area (Å²) in [7, 11) is -3.39. The molecule has 0 aliphatic rings. The Hall–Kier alpha value is -3.12. The second-order valence-electron chi connectivity index (χ2n) is 7.79. The van der Waals surface area contributed by atoms with E-state index < -0.39 is 38.0 Å². The van der Waals surface area contributed by atoms with Crippen LogP contribution in [-0.2, 0) is 20.5 Å². The van der Waals surface area contributed by atoms with Crippen molar-refractivity contribution in [1.29, 1.82) is 0 Å². The third kappa shape index (κ3) is 5.50. The fourth-order valence-electron chi connectivity index (χ4n) is 4.12. The number of aromatic nitrogens is 1. The first-order valence-electron chi connectivity index (χ1n) is 10.8. The van der Waals surface area contributed by atoms with Crippen molar-refractivity contribution in [3.63, 3.8) is 0 Å². The molecule has 2 N–H and O–H groups in total. The quantitative estimate of drug-likeness (QED) is 0.241. The van der Waals surface area contributed by atoms with Gasteiger partial charge in [-0.05, 0) is 47.7 Å². The van der Waals surface area contributed by atoms with E-state index in [1.165, 1.54) is 12.1 Å². The molecule has 1 heterocycles. The van der Waals surface area contributed by atoms with Crippen LogP contribution >= 0.6 is 8.03 Å². The third-order valence-corrected chi connectivity index (χ3v) is 6.83. The number of aliphatic hydroxyl groups excluding tert-OH is 1. The summed E-state index contributed by atoms with van der Waals surface area (Å²) in [6.07, 6.45) is -0.663. The topological polar surface area (TPSA) is 96.7 Å². The summed E-state index contributed by atoms with van der Waals surface area (Å²) in [5.74, 6) is -1.20. The molecule has 1 aromatic heterocycles. The Morgan fingerprint density at radius 2 is 1.82 bits per heavy atom. The minimum atomic E-state index is -3.39. The standard InChI is InChI=1S/C26H27FNO5P/c1-4-20-24(26(34(31)32)21(29)15-22(30)33-5-2)23(17-11-13-19(27)14-12-17)16(3)25(28-20)18-9-7-6-8-10-18/h5-14,21,26,29,34H,2,4,15H2,1,3H3,(H,31,32). The Bertz CT molecular complexity index is 1200. The summed E-state index contributed by atoms with van der Waals surface area (Å²) >= 11 is 0. The largest absolute Gasteiger partial charge is 0.435 e. The van der Waals surface area contributed by atoms with Crippen LogP contribution in [0.2, 0.25) is 0 Å². The van der Waals surface area contributed by atoms with Crippen LogP contribution in [-0.4, -0.2) is 27.1 Å². The van der Waals surface area contributed by atoms with Crippen LogP contribution in [0.5, 0.6) is 0 Å². The molecule has 0 amide bonds. The van der Waals surface area contributed by atoms with E-state index in [0.717, 1.165) is 11.8 Å². The Balaban J connectivity index is 2.32. The van der Waals surface area contributed by atoms with Gasteiger partial charge >= 0.3 is 5.97 Å². The van der Waals surface area contributed by atoms with E-state index in [9.17, 15) is 23.7 Å². The van der Waals surface area contributed by atoms with Crippen LogP contribution < -0.4 is 0 Å². The van der Waals surface area contributed by atoms with Crippen molar-refractivity contribution in [3.8, 4) is 22.4 Å². The molecule has 0 aliphatic heterocycles.